The number of nitrogens with two attached hydrogens (primary N) is 1. The molecule has 4 heteroatoms. The van der Waals surface area contributed by atoms with Crippen LogP contribution in [0.1, 0.15) is 50.5 Å². The molecule has 1 aromatic heterocycles. The summed E-state index contributed by atoms with van der Waals surface area (Å²) in [6, 6.07) is 1.90. The highest BCUT2D eigenvalue weighted by atomic mass is 16.5. The third-order valence-electron chi connectivity index (χ3n) is 3.87. The number of nitrogens with zero attached hydrogens (tertiary/aromatic N) is 2. The minimum atomic E-state index is 0.323. The van der Waals surface area contributed by atoms with Crippen LogP contribution in [0.3, 0.4) is 0 Å². The molecule has 2 bridgehead atoms. The van der Waals surface area contributed by atoms with Crippen molar-refractivity contribution in [3.8, 4) is 0 Å². The fourth-order valence-electron chi connectivity index (χ4n) is 3.14. The Morgan fingerprint density at radius 1 is 1.39 bits per heavy atom. The molecule has 2 N–H and O–H groups in total. The predicted molar refractivity (Wildman–Crippen MR) is 70.2 cm³/mol. The third-order valence-corrected chi connectivity index (χ3v) is 3.87. The summed E-state index contributed by atoms with van der Waals surface area (Å²) in [5, 5.41) is 0. The molecule has 98 valence electrons. The SMILES string of the molecule is CC(C)Cc1cc(N)nc(C2CC3CCC2O3)n1. The lowest BCUT2D eigenvalue weighted by Gasteiger charge is -2.18. The third kappa shape index (κ3) is 2.21. The molecule has 3 heterocycles. The second-order valence-corrected chi connectivity index (χ2v) is 5.96. The van der Waals surface area contributed by atoms with E-state index in [9.17, 15) is 0 Å². The highest BCUT2D eigenvalue weighted by Gasteiger charge is 2.43. The number of ether oxygens (including phenoxy) is 1. The van der Waals surface area contributed by atoms with Crippen molar-refractivity contribution in [2.24, 2.45) is 5.92 Å². The topological polar surface area (TPSA) is 61.0 Å². The van der Waals surface area contributed by atoms with Gasteiger partial charge in [0.05, 0.1) is 12.2 Å². The van der Waals surface area contributed by atoms with Crippen molar-refractivity contribution in [3.63, 3.8) is 0 Å². The standard InChI is InChI=1S/C14H21N3O/c1-8(2)5-9-6-13(15)17-14(16-9)11-7-10-3-4-12(11)18-10/h6,8,10-12H,3-5,7H2,1-2H3,(H2,15,16,17). The second-order valence-electron chi connectivity index (χ2n) is 5.96. The molecule has 1 aromatic rings. The molecule has 0 aliphatic carbocycles. The molecule has 3 atom stereocenters. The number of anilines is 1. The predicted octanol–water partition coefficient (Wildman–Crippen LogP) is 2.29. The first-order valence-electron chi connectivity index (χ1n) is 6.90. The van der Waals surface area contributed by atoms with Crippen molar-refractivity contribution < 1.29 is 4.74 Å². The Labute approximate surface area is 108 Å². The van der Waals surface area contributed by atoms with E-state index in [4.69, 9.17) is 15.5 Å². The van der Waals surface area contributed by atoms with E-state index in [0.29, 0.717) is 29.9 Å². The molecule has 2 fully saturated rings. The Hall–Kier alpha value is -1.16. The quantitative estimate of drug-likeness (QED) is 0.890. The lowest BCUT2D eigenvalue weighted by molar-refractivity contribution is 0.0998. The van der Waals surface area contributed by atoms with E-state index in [1.807, 2.05) is 6.07 Å². The van der Waals surface area contributed by atoms with Crippen molar-refractivity contribution in [2.75, 3.05) is 5.73 Å². The number of hydrogen-bond donors (Lipinski definition) is 1. The van der Waals surface area contributed by atoms with Crippen LogP contribution in [0.25, 0.3) is 0 Å². The zero-order chi connectivity index (χ0) is 12.7. The van der Waals surface area contributed by atoms with Gasteiger partial charge in [0.1, 0.15) is 11.6 Å². The van der Waals surface area contributed by atoms with E-state index in [2.05, 4.69) is 18.8 Å². The molecule has 0 spiro atoms. The fourth-order valence-corrected chi connectivity index (χ4v) is 3.14. The summed E-state index contributed by atoms with van der Waals surface area (Å²) in [4.78, 5) is 9.13. The molecule has 3 rings (SSSR count). The van der Waals surface area contributed by atoms with Gasteiger partial charge in [-0.3, -0.25) is 0 Å². The number of fused-ring (bicyclic) bond motifs is 2. The van der Waals surface area contributed by atoms with Crippen LogP contribution >= 0.6 is 0 Å². The number of aromatic nitrogens is 2. The van der Waals surface area contributed by atoms with Gasteiger partial charge in [-0.15, -0.1) is 0 Å². The zero-order valence-corrected chi connectivity index (χ0v) is 11.1. The van der Waals surface area contributed by atoms with Crippen molar-refractivity contribution >= 4 is 5.82 Å². The Kier molecular flexibility index (Phi) is 2.98. The van der Waals surface area contributed by atoms with Gasteiger partial charge in [-0.05, 0) is 31.6 Å². The average molecular weight is 247 g/mol. The van der Waals surface area contributed by atoms with Gasteiger partial charge in [0.25, 0.3) is 0 Å². The van der Waals surface area contributed by atoms with Crippen LogP contribution in [0.5, 0.6) is 0 Å². The molecule has 0 aromatic carbocycles. The monoisotopic (exact) mass is 247 g/mol. The molecule has 2 aliphatic heterocycles. The molecular weight excluding hydrogens is 226 g/mol. The summed E-state index contributed by atoms with van der Waals surface area (Å²) in [6.45, 7) is 4.39. The van der Waals surface area contributed by atoms with Crippen LogP contribution < -0.4 is 5.73 Å². The molecule has 2 saturated heterocycles. The molecular formula is C14H21N3O. The first kappa shape index (κ1) is 11.9. The van der Waals surface area contributed by atoms with Gasteiger partial charge >= 0.3 is 0 Å². The highest BCUT2D eigenvalue weighted by molar-refractivity contribution is 5.31. The van der Waals surface area contributed by atoms with E-state index in [1.54, 1.807) is 0 Å². The molecule has 0 saturated carbocycles. The summed E-state index contributed by atoms with van der Waals surface area (Å²) in [5.74, 6) is 2.44. The van der Waals surface area contributed by atoms with Gasteiger partial charge in [0.15, 0.2) is 0 Å². The Morgan fingerprint density at radius 2 is 2.22 bits per heavy atom. The van der Waals surface area contributed by atoms with E-state index in [1.165, 1.54) is 6.42 Å². The number of rotatable bonds is 3. The largest absolute Gasteiger partial charge is 0.384 e. The number of nitrogen functional groups attached to an aromatic ring is 1. The lowest BCUT2D eigenvalue weighted by atomic mass is 9.88. The first-order valence-corrected chi connectivity index (χ1v) is 6.90. The number of hydrogen-bond acceptors (Lipinski definition) is 4. The van der Waals surface area contributed by atoms with Crippen LogP contribution in [0.4, 0.5) is 5.82 Å². The maximum atomic E-state index is 5.91. The second kappa shape index (κ2) is 4.50. The van der Waals surface area contributed by atoms with Gasteiger partial charge in [-0.2, -0.15) is 0 Å². The maximum Gasteiger partial charge on any atom is 0.136 e. The Balaban J connectivity index is 1.85. The highest BCUT2D eigenvalue weighted by Crippen LogP contribution is 2.43. The van der Waals surface area contributed by atoms with Gasteiger partial charge < -0.3 is 10.5 Å². The molecule has 0 amide bonds. The van der Waals surface area contributed by atoms with Crippen LogP contribution in [-0.4, -0.2) is 22.2 Å². The van der Waals surface area contributed by atoms with Crippen LogP contribution in [0, 0.1) is 5.92 Å². The van der Waals surface area contributed by atoms with Gasteiger partial charge in [-0.1, -0.05) is 13.8 Å². The van der Waals surface area contributed by atoms with Crippen molar-refractivity contribution in [3.05, 3.63) is 17.6 Å². The summed E-state index contributed by atoms with van der Waals surface area (Å²) < 4.78 is 5.88. The maximum absolute atomic E-state index is 5.91. The summed E-state index contributed by atoms with van der Waals surface area (Å²) in [5.41, 5.74) is 6.97. The zero-order valence-electron chi connectivity index (χ0n) is 11.1. The summed E-state index contributed by atoms with van der Waals surface area (Å²) >= 11 is 0. The van der Waals surface area contributed by atoms with Gasteiger partial charge in [-0.25, -0.2) is 9.97 Å². The summed E-state index contributed by atoms with van der Waals surface area (Å²) in [7, 11) is 0. The molecule has 3 unspecified atom stereocenters. The van der Waals surface area contributed by atoms with Crippen LogP contribution in [0.2, 0.25) is 0 Å². The van der Waals surface area contributed by atoms with Crippen molar-refractivity contribution in [2.45, 2.75) is 57.7 Å². The van der Waals surface area contributed by atoms with Crippen LogP contribution in [-0.2, 0) is 11.2 Å². The molecule has 0 radical (unpaired) electrons. The molecule has 2 aliphatic rings. The first-order chi connectivity index (χ1) is 8.61. The van der Waals surface area contributed by atoms with Crippen molar-refractivity contribution in [1.82, 2.24) is 9.97 Å². The smallest absolute Gasteiger partial charge is 0.136 e. The van der Waals surface area contributed by atoms with Crippen LogP contribution in [0.15, 0.2) is 6.07 Å². The van der Waals surface area contributed by atoms with E-state index < -0.39 is 0 Å². The minimum Gasteiger partial charge on any atom is -0.384 e. The van der Waals surface area contributed by atoms with E-state index in [-0.39, 0.29) is 0 Å². The Bertz CT molecular complexity index is 447. The van der Waals surface area contributed by atoms with Gasteiger partial charge in [0, 0.05) is 17.7 Å². The summed E-state index contributed by atoms with van der Waals surface area (Å²) in [6.07, 6.45) is 5.12. The van der Waals surface area contributed by atoms with E-state index in [0.717, 1.165) is 30.8 Å². The van der Waals surface area contributed by atoms with Crippen molar-refractivity contribution in [1.29, 1.82) is 0 Å². The normalized spacial score (nSPS) is 30.3. The minimum absolute atomic E-state index is 0.323. The van der Waals surface area contributed by atoms with Gasteiger partial charge in [0.2, 0.25) is 0 Å². The fraction of sp³-hybridized carbons (Fsp3) is 0.714. The molecule has 18 heavy (non-hydrogen) atoms. The molecule has 4 nitrogen and oxygen atoms in total. The Morgan fingerprint density at radius 3 is 2.83 bits per heavy atom. The average Bonchev–Trinajstić information content (AvgIpc) is 2.88. The lowest BCUT2D eigenvalue weighted by Crippen LogP contribution is -2.18. The van der Waals surface area contributed by atoms with E-state index >= 15 is 0 Å².